The van der Waals surface area contributed by atoms with E-state index in [1.54, 1.807) is 6.20 Å². The summed E-state index contributed by atoms with van der Waals surface area (Å²) in [6, 6.07) is 12.3. The van der Waals surface area contributed by atoms with Crippen molar-refractivity contribution in [2.45, 2.75) is 19.4 Å². The zero-order valence-corrected chi connectivity index (χ0v) is 11.7. The summed E-state index contributed by atoms with van der Waals surface area (Å²) in [5.41, 5.74) is 9.26. The third kappa shape index (κ3) is 1.84. The lowest BCUT2D eigenvalue weighted by atomic mass is 9.91. The van der Waals surface area contributed by atoms with Crippen LogP contribution in [0.25, 0.3) is 0 Å². The van der Waals surface area contributed by atoms with Gasteiger partial charge in [-0.25, -0.2) is 0 Å². The highest BCUT2D eigenvalue weighted by atomic mass is 15.4. The van der Waals surface area contributed by atoms with Crippen LogP contribution >= 0.6 is 0 Å². The van der Waals surface area contributed by atoms with Crippen molar-refractivity contribution in [1.29, 1.82) is 0 Å². The Kier molecular flexibility index (Phi) is 2.93. The van der Waals surface area contributed by atoms with Gasteiger partial charge in [-0.2, -0.15) is 0 Å². The Morgan fingerprint density at radius 1 is 1.20 bits per heavy atom. The van der Waals surface area contributed by atoms with Crippen LogP contribution in [-0.4, -0.2) is 17.5 Å². The number of aryl methyl sites for hydroxylation is 1. The van der Waals surface area contributed by atoms with Crippen LogP contribution in [0, 0.1) is 6.92 Å². The largest absolute Gasteiger partial charge is 0.369 e. The number of hydrogen-bond acceptors (Lipinski definition) is 4. The summed E-state index contributed by atoms with van der Waals surface area (Å²) in [5, 5.41) is 0. The van der Waals surface area contributed by atoms with Crippen molar-refractivity contribution in [1.82, 2.24) is 4.98 Å². The number of rotatable bonds is 2. The van der Waals surface area contributed by atoms with E-state index in [1.165, 1.54) is 5.56 Å². The van der Waals surface area contributed by atoms with Gasteiger partial charge in [0.25, 0.3) is 0 Å². The third-order valence-electron chi connectivity index (χ3n) is 3.91. The first kappa shape index (κ1) is 12.7. The standard InChI is InChI=1S/C16H18N4/c1-12-6-3-4-8-14(12)20-15(17)19-11-16(20,2)13-7-5-9-18-10-13/h3-10H,11H2,1-2H3,(H2,17,19). The van der Waals surface area contributed by atoms with Gasteiger partial charge < -0.3 is 10.6 Å². The molecule has 1 unspecified atom stereocenters. The number of anilines is 1. The Balaban J connectivity index is 2.12. The van der Waals surface area contributed by atoms with Crippen molar-refractivity contribution < 1.29 is 0 Å². The van der Waals surface area contributed by atoms with Gasteiger partial charge in [-0.3, -0.25) is 9.98 Å². The van der Waals surface area contributed by atoms with Crippen molar-refractivity contribution in [3.63, 3.8) is 0 Å². The predicted octanol–water partition coefficient (Wildman–Crippen LogP) is 2.44. The zero-order chi connectivity index (χ0) is 14.2. The molecule has 0 radical (unpaired) electrons. The number of guanidine groups is 1. The molecular weight excluding hydrogens is 248 g/mol. The molecule has 0 saturated carbocycles. The van der Waals surface area contributed by atoms with Crippen LogP contribution in [0.5, 0.6) is 0 Å². The van der Waals surface area contributed by atoms with Gasteiger partial charge in [0, 0.05) is 18.1 Å². The van der Waals surface area contributed by atoms with Crippen molar-refractivity contribution in [2.24, 2.45) is 10.7 Å². The average Bonchev–Trinajstić information content (AvgIpc) is 2.78. The Morgan fingerprint density at radius 3 is 2.70 bits per heavy atom. The Morgan fingerprint density at radius 2 is 2.00 bits per heavy atom. The van der Waals surface area contributed by atoms with Gasteiger partial charge in [-0.1, -0.05) is 24.3 Å². The fourth-order valence-electron chi connectivity index (χ4n) is 2.73. The molecule has 0 fully saturated rings. The highest BCUT2D eigenvalue weighted by molar-refractivity contribution is 5.99. The maximum Gasteiger partial charge on any atom is 0.196 e. The van der Waals surface area contributed by atoms with Gasteiger partial charge >= 0.3 is 0 Å². The molecule has 0 spiro atoms. The average molecular weight is 266 g/mol. The van der Waals surface area contributed by atoms with E-state index in [1.807, 2.05) is 24.4 Å². The Labute approximate surface area is 119 Å². The molecule has 1 aliphatic heterocycles. The molecule has 0 aliphatic carbocycles. The van der Waals surface area contributed by atoms with E-state index in [-0.39, 0.29) is 5.54 Å². The molecule has 2 N–H and O–H groups in total. The molecule has 0 saturated heterocycles. The van der Waals surface area contributed by atoms with E-state index >= 15 is 0 Å². The molecule has 20 heavy (non-hydrogen) atoms. The van der Waals surface area contributed by atoms with Crippen molar-refractivity contribution in [2.75, 3.05) is 11.4 Å². The quantitative estimate of drug-likeness (QED) is 0.908. The number of hydrogen-bond donors (Lipinski definition) is 1. The number of aliphatic imine (C=N–C) groups is 1. The predicted molar refractivity (Wildman–Crippen MR) is 81.7 cm³/mol. The molecule has 3 rings (SSSR count). The molecule has 0 bridgehead atoms. The van der Waals surface area contributed by atoms with E-state index in [9.17, 15) is 0 Å². The van der Waals surface area contributed by atoms with Crippen molar-refractivity contribution in [3.8, 4) is 0 Å². The highest BCUT2D eigenvalue weighted by Gasteiger charge is 2.41. The molecule has 1 atom stereocenters. The lowest BCUT2D eigenvalue weighted by Crippen LogP contribution is -2.48. The third-order valence-corrected chi connectivity index (χ3v) is 3.91. The van der Waals surface area contributed by atoms with Gasteiger partial charge in [0.2, 0.25) is 0 Å². The van der Waals surface area contributed by atoms with Crippen LogP contribution in [0.4, 0.5) is 5.69 Å². The minimum absolute atomic E-state index is 0.287. The van der Waals surface area contributed by atoms with Crippen molar-refractivity contribution in [3.05, 3.63) is 59.9 Å². The summed E-state index contributed by atoms with van der Waals surface area (Å²) in [6.45, 7) is 4.88. The number of para-hydroxylation sites is 1. The lowest BCUT2D eigenvalue weighted by Gasteiger charge is -2.37. The van der Waals surface area contributed by atoms with Gasteiger partial charge in [0.05, 0.1) is 12.1 Å². The second-order valence-electron chi connectivity index (χ2n) is 5.31. The fourth-order valence-corrected chi connectivity index (χ4v) is 2.73. The van der Waals surface area contributed by atoms with Gasteiger partial charge in [-0.05, 0) is 37.1 Å². The molecule has 4 nitrogen and oxygen atoms in total. The van der Waals surface area contributed by atoms with E-state index in [0.29, 0.717) is 12.5 Å². The SMILES string of the molecule is Cc1ccccc1N1C(N)=NCC1(C)c1cccnc1. The number of nitrogens with zero attached hydrogens (tertiary/aromatic N) is 3. The summed E-state index contributed by atoms with van der Waals surface area (Å²) < 4.78 is 0. The molecular formula is C16H18N4. The summed E-state index contributed by atoms with van der Waals surface area (Å²) in [6.07, 6.45) is 3.67. The van der Waals surface area contributed by atoms with Gasteiger partial charge in [0.1, 0.15) is 0 Å². The minimum atomic E-state index is -0.287. The molecule has 1 aromatic heterocycles. The fraction of sp³-hybridized carbons (Fsp3) is 0.250. The summed E-state index contributed by atoms with van der Waals surface area (Å²) in [7, 11) is 0. The maximum absolute atomic E-state index is 6.15. The van der Waals surface area contributed by atoms with E-state index in [4.69, 9.17) is 5.73 Å². The number of aromatic nitrogens is 1. The van der Waals surface area contributed by atoms with Crippen LogP contribution in [0.3, 0.4) is 0 Å². The van der Waals surface area contributed by atoms with Crippen LogP contribution < -0.4 is 10.6 Å². The molecule has 2 aromatic rings. The zero-order valence-electron chi connectivity index (χ0n) is 11.7. The Bertz CT molecular complexity index is 651. The normalized spacial score (nSPS) is 21.9. The molecule has 0 amide bonds. The first-order valence-corrected chi connectivity index (χ1v) is 6.69. The van der Waals surface area contributed by atoms with Crippen LogP contribution in [0.2, 0.25) is 0 Å². The Hall–Kier alpha value is -2.36. The first-order valence-electron chi connectivity index (χ1n) is 6.69. The molecule has 1 aliphatic rings. The maximum atomic E-state index is 6.15. The number of nitrogens with two attached hydrogens (primary N) is 1. The van der Waals surface area contributed by atoms with Crippen molar-refractivity contribution >= 4 is 11.6 Å². The smallest absolute Gasteiger partial charge is 0.196 e. The summed E-state index contributed by atoms with van der Waals surface area (Å²) in [4.78, 5) is 10.8. The van der Waals surface area contributed by atoms with E-state index < -0.39 is 0 Å². The minimum Gasteiger partial charge on any atom is -0.369 e. The van der Waals surface area contributed by atoms with Gasteiger partial charge in [-0.15, -0.1) is 0 Å². The van der Waals surface area contributed by atoms with E-state index in [2.05, 4.69) is 46.9 Å². The second kappa shape index (κ2) is 4.63. The molecule has 4 heteroatoms. The molecule has 2 heterocycles. The topological polar surface area (TPSA) is 54.5 Å². The highest BCUT2D eigenvalue weighted by Crippen LogP contribution is 2.37. The van der Waals surface area contributed by atoms with E-state index in [0.717, 1.165) is 11.3 Å². The lowest BCUT2D eigenvalue weighted by molar-refractivity contribution is 0.530. The summed E-state index contributed by atoms with van der Waals surface area (Å²) in [5.74, 6) is 0.561. The second-order valence-corrected chi connectivity index (χ2v) is 5.31. The number of benzene rings is 1. The monoisotopic (exact) mass is 266 g/mol. The molecule has 1 aromatic carbocycles. The van der Waals surface area contributed by atoms with Crippen LogP contribution in [0.1, 0.15) is 18.1 Å². The van der Waals surface area contributed by atoms with Crippen LogP contribution in [0.15, 0.2) is 53.8 Å². The summed E-state index contributed by atoms with van der Waals surface area (Å²) >= 11 is 0. The molecule has 102 valence electrons. The van der Waals surface area contributed by atoms with Gasteiger partial charge in [0.15, 0.2) is 5.96 Å². The first-order chi connectivity index (χ1) is 9.63. The number of pyridine rings is 1. The van der Waals surface area contributed by atoms with Crippen LogP contribution in [-0.2, 0) is 5.54 Å².